The third-order valence-electron chi connectivity index (χ3n) is 6.28. The summed E-state index contributed by atoms with van der Waals surface area (Å²) in [5, 5.41) is 3.46. The molecule has 2 amide bonds. The molecule has 39 heavy (non-hydrogen) atoms. The Labute approximate surface area is 238 Å². The monoisotopic (exact) mass is 593 g/mol. The number of nitrogens with zero attached hydrogens (tertiary/aromatic N) is 2. The first-order valence-corrected chi connectivity index (χ1v) is 14.5. The molecule has 0 aromatic heterocycles. The van der Waals surface area contributed by atoms with Gasteiger partial charge in [0.1, 0.15) is 18.4 Å². The van der Waals surface area contributed by atoms with Gasteiger partial charge >= 0.3 is 0 Å². The lowest BCUT2D eigenvalue weighted by Gasteiger charge is -2.32. The van der Waals surface area contributed by atoms with Crippen LogP contribution in [0, 0.1) is 5.82 Å². The van der Waals surface area contributed by atoms with E-state index >= 15 is 0 Å². The lowest BCUT2D eigenvalue weighted by Crippen LogP contribution is -2.52. The summed E-state index contributed by atoms with van der Waals surface area (Å²) in [6, 6.07) is 16.2. The summed E-state index contributed by atoms with van der Waals surface area (Å²) in [4.78, 5) is 28.0. The number of para-hydroxylation sites is 1. The van der Waals surface area contributed by atoms with E-state index in [4.69, 9.17) is 23.2 Å². The van der Waals surface area contributed by atoms with Crippen molar-refractivity contribution in [3.8, 4) is 0 Å². The molecule has 2 unspecified atom stereocenters. The average molecular weight is 595 g/mol. The van der Waals surface area contributed by atoms with Crippen LogP contribution >= 0.6 is 23.2 Å². The molecule has 0 spiro atoms. The summed E-state index contributed by atoms with van der Waals surface area (Å²) in [7, 11) is -4.29. The largest absolute Gasteiger partial charge is 0.352 e. The number of hydrogen-bond donors (Lipinski definition) is 1. The molecule has 7 nitrogen and oxygen atoms in total. The van der Waals surface area contributed by atoms with Crippen molar-refractivity contribution < 1.29 is 22.4 Å². The Balaban J connectivity index is 2.04. The van der Waals surface area contributed by atoms with Crippen molar-refractivity contribution in [3.63, 3.8) is 0 Å². The van der Waals surface area contributed by atoms with E-state index in [0.29, 0.717) is 22.0 Å². The van der Waals surface area contributed by atoms with Gasteiger partial charge in [-0.05, 0) is 68.8 Å². The van der Waals surface area contributed by atoms with Crippen LogP contribution in [0.2, 0.25) is 10.0 Å². The van der Waals surface area contributed by atoms with E-state index in [-0.39, 0.29) is 23.2 Å². The minimum Gasteiger partial charge on any atom is -0.352 e. The highest BCUT2D eigenvalue weighted by molar-refractivity contribution is 7.92. The maximum atomic E-state index is 13.9. The molecule has 0 bridgehead atoms. The SMILES string of the molecule is CCC(C)NC(=O)C(C)N(Cc1c(Cl)cccc1Cl)C(=O)CN(c1ccccc1)S(=O)(=O)c1ccc(F)cc1. The summed E-state index contributed by atoms with van der Waals surface area (Å²) in [6.45, 7) is 4.55. The molecule has 0 fully saturated rings. The van der Waals surface area contributed by atoms with Crippen LogP contribution in [0.1, 0.15) is 32.8 Å². The normalized spacial score (nSPS) is 12.9. The average Bonchev–Trinajstić information content (AvgIpc) is 2.91. The Bertz CT molecular complexity index is 1390. The van der Waals surface area contributed by atoms with Crippen LogP contribution in [0.25, 0.3) is 0 Å². The number of nitrogens with one attached hydrogen (secondary N) is 1. The minimum absolute atomic E-state index is 0.133. The maximum Gasteiger partial charge on any atom is 0.264 e. The van der Waals surface area contributed by atoms with Crippen LogP contribution in [-0.4, -0.2) is 43.8 Å². The zero-order valence-electron chi connectivity index (χ0n) is 21.8. The third kappa shape index (κ3) is 7.50. The predicted octanol–water partition coefficient (Wildman–Crippen LogP) is 5.66. The smallest absolute Gasteiger partial charge is 0.264 e. The molecule has 0 aliphatic rings. The highest BCUT2D eigenvalue weighted by atomic mass is 35.5. The van der Waals surface area contributed by atoms with Gasteiger partial charge < -0.3 is 10.2 Å². The first-order chi connectivity index (χ1) is 18.4. The molecule has 208 valence electrons. The van der Waals surface area contributed by atoms with Crippen molar-refractivity contribution >= 4 is 50.7 Å². The van der Waals surface area contributed by atoms with Crippen LogP contribution in [0.15, 0.2) is 77.7 Å². The summed E-state index contributed by atoms with van der Waals surface area (Å²) in [6.07, 6.45) is 0.681. The molecule has 0 saturated carbocycles. The quantitative estimate of drug-likeness (QED) is 0.311. The van der Waals surface area contributed by atoms with Gasteiger partial charge in [-0.1, -0.05) is 54.4 Å². The van der Waals surface area contributed by atoms with E-state index in [1.807, 2.05) is 13.8 Å². The summed E-state index contributed by atoms with van der Waals surface area (Å²) < 4.78 is 41.8. The Morgan fingerprint density at radius 2 is 1.51 bits per heavy atom. The van der Waals surface area contributed by atoms with Gasteiger partial charge in [-0.15, -0.1) is 0 Å². The number of carbonyl (C=O) groups is 2. The Hall–Kier alpha value is -3.14. The highest BCUT2D eigenvalue weighted by Gasteiger charge is 2.33. The van der Waals surface area contributed by atoms with Crippen molar-refractivity contribution in [1.82, 2.24) is 10.2 Å². The van der Waals surface area contributed by atoms with Crippen molar-refractivity contribution in [2.24, 2.45) is 0 Å². The summed E-state index contributed by atoms with van der Waals surface area (Å²) in [5.41, 5.74) is 0.646. The van der Waals surface area contributed by atoms with Crippen molar-refractivity contribution in [1.29, 1.82) is 0 Å². The highest BCUT2D eigenvalue weighted by Crippen LogP contribution is 2.28. The van der Waals surface area contributed by atoms with Gasteiger partial charge in [0.15, 0.2) is 0 Å². The molecular formula is C28H30Cl2FN3O4S. The molecule has 11 heteroatoms. The second-order valence-corrected chi connectivity index (χ2v) is 11.7. The molecule has 0 heterocycles. The van der Waals surface area contributed by atoms with E-state index < -0.39 is 40.2 Å². The van der Waals surface area contributed by atoms with Gasteiger partial charge in [0.05, 0.1) is 10.6 Å². The van der Waals surface area contributed by atoms with Crippen LogP contribution in [0.4, 0.5) is 10.1 Å². The zero-order valence-corrected chi connectivity index (χ0v) is 24.1. The number of sulfonamides is 1. The number of carbonyl (C=O) groups excluding carboxylic acids is 2. The molecule has 1 N–H and O–H groups in total. The molecule has 3 aromatic rings. The molecule has 2 atom stereocenters. The lowest BCUT2D eigenvalue weighted by atomic mass is 10.1. The Kier molecular flexibility index (Phi) is 10.4. The maximum absolute atomic E-state index is 13.9. The van der Waals surface area contributed by atoms with Gasteiger partial charge in [-0.2, -0.15) is 0 Å². The van der Waals surface area contributed by atoms with Crippen molar-refractivity contribution in [2.75, 3.05) is 10.8 Å². The number of amides is 2. The van der Waals surface area contributed by atoms with Crippen LogP contribution < -0.4 is 9.62 Å². The van der Waals surface area contributed by atoms with Crippen molar-refractivity contribution in [3.05, 3.63) is 94.2 Å². The minimum atomic E-state index is -4.29. The fraction of sp³-hybridized carbons (Fsp3) is 0.286. The number of anilines is 1. The zero-order chi connectivity index (χ0) is 28.7. The first-order valence-electron chi connectivity index (χ1n) is 12.3. The number of rotatable bonds is 11. The fourth-order valence-electron chi connectivity index (χ4n) is 3.76. The summed E-state index contributed by atoms with van der Waals surface area (Å²) in [5.74, 6) is -1.67. The van der Waals surface area contributed by atoms with Gasteiger partial charge in [0.2, 0.25) is 11.8 Å². The predicted molar refractivity (Wildman–Crippen MR) is 152 cm³/mol. The molecular weight excluding hydrogens is 564 g/mol. The standard InChI is InChI=1S/C28H30Cl2FN3O4S/c1-4-19(2)32-28(36)20(3)33(17-24-25(29)11-8-12-26(24)30)27(35)18-34(22-9-6-5-7-10-22)39(37,38)23-15-13-21(31)14-16-23/h5-16,19-20H,4,17-18H2,1-3H3,(H,32,36). The van der Waals surface area contributed by atoms with Gasteiger partial charge in [0.25, 0.3) is 10.0 Å². The molecule has 0 aliphatic carbocycles. The van der Waals surface area contributed by atoms with E-state index in [2.05, 4.69) is 5.32 Å². The molecule has 0 aliphatic heterocycles. The third-order valence-corrected chi connectivity index (χ3v) is 8.78. The lowest BCUT2D eigenvalue weighted by molar-refractivity contribution is -0.139. The molecule has 0 radical (unpaired) electrons. The summed E-state index contributed by atoms with van der Waals surface area (Å²) >= 11 is 12.8. The molecule has 3 rings (SSSR count). The van der Waals surface area contributed by atoms with E-state index in [1.54, 1.807) is 55.5 Å². The van der Waals surface area contributed by atoms with Gasteiger partial charge in [-0.3, -0.25) is 13.9 Å². The second kappa shape index (κ2) is 13.3. The van der Waals surface area contributed by atoms with Gasteiger partial charge in [-0.25, -0.2) is 12.8 Å². The second-order valence-electron chi connectivity index (χ2n) is 9.02. The van der Waals surface area contributed by atoms with E-state index in [0.717, 1.165) is 28.6 Å². The number of halogens is 3. The fourth-order valence-corrected chi connectivity index (χ4v) is 5.69. The van der Waals surface area contributed by atoms with Crippen LogP contribution in [-0.2, 0) is 26.2 Å². The van der Waals surface area contributed by atoms with E-state index in [1.165, 1.54) is 4.90 Å². The topological polar surface area (TPSA) is 86.8 Å². The molecule has 3 aromatic carbocycles. The van der Waals surface area contributed by atoms with E-state index in [9.17, 15) is 22.4 Å². The molecule has 0 saturated heterocycles. The van der Waals surface area contributed by atoms with Crippen LogP contribution in [0.3, 0.4) is 0 Å². The van der Waals surface area contributed by atoms with Gasteiger partial charge in [0, 0.05) is 28.2 Å². The van der Waals surface area contributed by atoms with Crippen LogP contribution in [0.5, 0.6) is 0 Å². The Morgan fingerprint density at radius 3 is 2.08 bits per heavy atom. The number of benzene rings is 3. The number of hydrogen-bond acceptors (Lipinski definition) is 4. The Morgan fingerprint density at radius 1 is 0.923 bits per heavy atom. The first kappa shape index (κ1) is 30.4. The van der Waals surface area contributed by atoms with Crippen molar-refractivity contribution in [2.45, 2.75) is 50.7 Å².